The smallest absolute Gasteiger partial charge is 0.241 e. The van der Waals surface area contributed by atoms with Gasteiger partial charge in [-0.1, -0.05) is 63.2 Å². The highest BCUT2D eigenvalue weighted by molar-refractivity contribution is 8.00. The molecule has 1 N–H and O–H groups in total. The van der Waals surface area contributed by atoms with Crippen LogP contribution in [0.3, 0.4) is 0 Å². The minimum Gasteiger partial charge on any atom is -0.326 e. The zero-order valence-electron chi connectivity index (χ0n) is 18.2. The van der Waals surface area contributed by atoms with Gasteiger partial charge in [0.25, 0.3) is 0 Å². The van der Waals surface area contributed by atoms with Crippen LogP contribution in [-0.2, 0) is 9.59 Å². The number of benzene rings is 3. The molecule has 3 rings (SSSR count). The van der Waals surface area contributed by atoms with Crippen LogP contribution in [0.4, 0.5) is 17.1 Å². The number of thioether (sulfide) groups is 1. The van der Waals surface area contributed by atoms with Gasteiger partial charge in [-0.2, -0.15) is 0 Å². The number of nitrogens with one attached hydrogen (secondary N) is 1. The van der Waals surface area contributed by atoms with Crippen molar-refractivity contribution in [3.05, 3.63) is 84.9 Å². The third kappa shape index (κ3) is 7.00. The quantitative estimate of drug-likeness (QED) is 0.433. The molecular formula is C26H28N2O2S. The first-order valence-electron chi connectivity index (χ1n) is 10.3. The third-order valence-corrected chi connectivity index (χ3v) is 5.43. The maximum absolute atomic E-state index is 13.2. The van der Waals surface area contributed by atoms with Crippen LogP contribution < -0.4 is 10.2 Å². The molecule has 0 heterocycles. The van der Waals surface area contributed by atoms with E-state index < -0.39 is 0 Å². The summed E-state index contributed by atoms with van der Waals surface area (Å²) in [6.07, 6.45) is 0.450. The van der Waals surface area contributed by atoms with Gasteiger partial charge < -0.3 is 5.32 Å². The number of nitrogens with zero attached hydrogens (tertiary/aromatic N) is 1. The number of para-hydroxylation sites is 2. The maximum Gasteiger partial charge on any atom is 0.241 e. The summed E-state index contributed by atoms with van der Waals surface area (Å²) in [6.45, 7) is 6.11. The third-order valence-electron chi connectivity index (χ3n) is 4.45. The molecular weight excluding hydrogens is 404 g/mol. The first kappa shape index (κ1) is 22.6. The Kier molecular flexibility index (Phi) is 7.53. The van der Waals surface area contributed by atoms with Crippen LogP contribution in [-0.4, -0.2) is 17.6 Å². The zero-order chi connectivity index (χ0) is 22.3. The molecule has 0 radical (unpaired) electrons. The average molecular weight is 433 g/mol. The van der Waals surface area contributed by atoms with Gasteiger partial charge in [0.05, 0.1) is 5.75 Å². The normalized spacial score (nSPS) is 11.1. The van der Waals surface area contributed by atoms with Crippen molar-refractivity contribution in [2.45, 2.75) is 32.1 Å². The summed E-state index contributed by atoms with van der Waals surface area (Å²) < 4.78 is 0. The number of carbonyl (C=O) groups excluding carboxylic acids is 2. The Labute approximate surface area is 188 Å². The minimum atomic E-state index is -0.0683. The summed E-state index contributed by atoms with van der Waals surface area (Å²) in [5.74, 6) is 0.262. The van der Waals surface area contributed by atoms with E-state index in [0.29, 0.717) is 6.42 Å². The highest BCUT2D eigenvalue weighted by Crippen LogP contribution is 2.28. The number of hydrogen-bond acceptors (Lipinski definition) is 3. The monoisotopic (exact) mass is 432 g/mol. The Morgan fingerprint density at radius 2 is 1.42 bits per heavy atom. The molecule has 0 spiro atoms. The molecule has 3 aromatic rings. The molecule has 3 aromatic carbocycles. The van der Waals surface area contributed by atoms with Gasteiger partial charge in [0.2, 0.25) is 11.8 Å². The van der Waals surface area contributed by atoms with Gasteiger partial charge in [-0.3, -0.25) is 14.5 Å². The van der Waals surface area contributed by atoms with E-state index in [1.165, 1.54) is 11.8 Å². The first-order chi connectivity index (χ1) is 14.8. The first-order valence-corrected chi connectivity index (χ1v) is 11.3. The van der Waals surface area contributed by atoms with Gasteiger partial charge in [0.15, 0.2) is 0 Å². The van der Waals surface area contributed by atoms with Gasteiger partial charge in [-0.15, -0.1) is 11.8 Å². The number of amides is 2. The topological polar surface area (TPSA) is 49.4 Å². The minimum absolute atomic E-state index is 0.00921. The fourth-order valence-electron chi connectivity index (χ4n) is 3.15. The second kappa shape index (κ2) is 10.3. The van der Waals surface area contributed by atoms with E-state index >= 15 is 0 Å². The van der Waals surface area contributed by atoms with Gasteiger partial charge >= 0.3 is 0 Å². The van der Waals surface area contributed by atoms with Crippen LogP contribution in [0.1, 0.15) is 27.2 Å². The lowest BCUT2D eigenvalue weighted by atomic mass is 9.92. The maximum atomic E-state index is 13.2. The van der Waals surface area contributed by atoms with Crippen molar-refractivity contribution >= 4 is 40.6 Å². The Morgan fingerprint density at radius 1 is 0.839 bits per heavy atom. The predicted molar refractivity (Wildman–Crippen MR) is 130 cm³/mol. The number of hydrogen-bond donors (Lipinski definition) is 1. The van der Waals surface area contributed by atoms with E-state index in [2.05, 4.69) is 5.32 Å². The summed E-state index contributed by atoms with van der Waals surface area (Å²) in [5.41, 5.74) is 2.35. The van der Waals surface area contributed by atoms with Gasteiger partial charge in [-0.25, -0.2) is 0 Å². The number of rotatable bonds is 7. The second-order valence-corrected chi connectivity index (χ2v) is 9.55. The van der Waals surface area contributed by atoms with E-state index in [4.69, 9.17) is 0 Å². The molecule has 0 aromatic heterocycles. The number of carbonyl (C=O) groups is 2. The molecule has 0 aliphatic heterocycles. The summed E-state index contributed by atoms with van der Waals surface area (Å²) in [6, 6.07) is 26.9. The molecule has 160 valence electrons. The highest BCUT2D eigenvalue weighted by Gasteiger charge is 2.18. The van der Waals surface area contributed by atoms with Crippen LogP contribution in [0.5, 0.6) is 0 Å². The van der Waals surface area contributed by atoms with Gasteiger partial charge in [0, 0.05) is 28.4 Å². The molecule has 0 aliphatic carbocycles. The molecule has 5 heteroatoms. The van der Waals surface area contributed by atoms with Crippen molar-refractivity contribution in [1.29, 1.82) is 0 Å². The summed E-state index contributed by atoms with van der Waals surface area (Å²) in [7, 11) is 0. The van der Waals surface area contributed by atoms with Crippen molar-refractivity contribution in [1.82, 2.24) is 0 Å². The van der Waals surface area contributed by atoms with Crippen molar-refractivity contribution in [3.63, 3.8) is 0 Å². The lowest BCUT2D eigenvalue weighted by Crippen LogP contribution is -2.27. The molecule has 2 amide bonds. The molecule has 4 nitrogen and oxygen atoms in total. The Bertz CT molecular complexity index is 975. The van der Waals surface area contributed by atoms with Crippen LogP contribution in [0.25, 0.3) is 0 Å². The molecule has 0 saturated heterocycles. The van der Waals surface area contributed by atoms with Gasteiger partial charge in [0.1, 0.15) is 0 Å². The SMILES string of the molecule is CC(C)(C)CC(=O)Nc1cccc(SCC(=O)N(c2ccccc2)c2ccccc2)c1. The van der Waals surface area contributed by atoms with Crippen LogP contribution in [0, 0.1) is 5.41 Å². The number of anilines is 3. The molecule has 31 heavy (non-hydrogen) atoms. The van der Waals surface area contributed by atoms with Crippen LogP contribution in [0.2, 0.25) is 0 Å². The van der Waals surface area contributed by atoms with E-state index in [1.807, 2.05) is 106 Å². The standard InChI is InChI=1S/C26H28N2O2S/c1-26(2,3)18-24(29)27-20-11-10-16-23(17-20)31-19-25(30)28(21-12-6-4-7-13-21)22-14-8-5-9-15-22/h4-17H,18-19H2,1-3H3,(H,27,29). The average Bonchev–Trinajstić information content (AvgIpc) is 2.73. The van der Waals surface area contributed by atoms with Crippen molar-refractivity contribution in [2.24, 2.45) is 5.41 Å². The summed E-state index contributed by atoms with van der Waals surface area (Å²) in [5, 5.41) is 2.95. The molecule has 0 fully saturated rings. The van der Waals surface area contributed by atoms with Crippen LogP contribution in [0.15, 0.2) is 89.8 Å². The molecule has 0 atom stereocenters. The fraction of sp³-hybridized carbons (Fsp3) is 0.231. The van der Waals surface area contributed by atoms with E-state index in [0.717, 1.165) is 22.0 Å². The molecule has 0 bridgehead atoms. The Morgan fingerprint density at radius 3 is 1.97 bits per heavy atom. The Hall–Kier alpha value is -3.05. The summed E-state index contributed by atoms with van der Waals surface area (Å²) >= 11 is 1.46. The van der Waals surface area contributed by atoms with Crippen LogP contribution >= 0.6 is 11.8 Å². The van der Waals surface area contributed by atoms with E-state index in [1.54, 1.807) is 4.90 Å². The Balaban J connectivity index is 1.69. The lowest BCUT2D eigenvalue weighted by Gasteiger charge is -2.23. The summed E-state index contributed by atoms with van der Waals surface area (Å²) in [4.78, 5) is 28.1. The van der Waals surface area contributed by atoms with E-state index in [9.17, 15) is 9.59 Å². The molecule has 0 saturated carbocycles. The molecule has 0 unspecified atom stereocenters. The van der Waals surface area contributed by atoms with E-state index in [-0.39, 0.29) is 23.0 Å². The largest absolute Gasteiger partial charge is 0.326 e. The lowest BCUT2D eigenvalue weighted by molar-refractivity contribution is -0.118. The van der Waals surface area contributed by atoms with Crippen molar-refractivity contribution in [2.75, 3.05) is 16.0 Å². The van der Waals surface area contributed by atoms with Gasteiger partial charge in [-0.05, 0) is 47.9 Å². The highest BCUT2D eigenvalue weighted by atomic mass is 32.2. The second-order valence-electron chi connectivity index (χ2n) is 8.50. The zero-order valence-corrected chi connectivity index (χ0v) is 19.0. The fourth-order valence-corrected chi connectivity index (χ4v) is 3.96. The molecule has 0 aliphatic rings. The van der Waals surface area contributed by atoms with Crippen molar-refractivity contribution < 1.29 is 9.59 Å². The predicted octanol–water partition coefficient (Wildman–Crippen LogP) is 6.52. The van der Waals surface area contributed by atoms with Crippen molar-refractivity contribution in [3.8, 4) is 0 Å².